The predicted molar refractivity (Wildman–Crippen MR) is 88.6 cm³/mol. The summed E-state index contributed by atoms with van der Waals surface area (Å²) in [4.78, 5) is 4.51. The third-order valence-electron chi connectivity index (χ3n) is 3.25. The van der Waals surface area contributed by atoms with Crippen LogP contribution in [0, 0.1) is 6.92 Å². The highest BCUT2D eigenvalue weighted by Gasteiger charge is 2.01. The van der Waals surface area contributed by atoms with E-state index in [0.717, 1.165) is 30.5 Å². The Morgan fingerprint density at radius 3 is 2.76 bits per heavy atom. The number of aryl methyl sites for hydroxylation is 1. The van der Waals surface area contributed by atoms with E-state index in [1.165, 1.54) is 16.7 Å². The van der Waals surface area contributed by atoms with Gasteiger partial charge in [0.15, 0.2) is 0 Å². The van der Waals surface area contributed by atoms with Gasteiger partial charge in [-0.05, 0) is 29.7 Å². The van der Waals surface area contributed by atoms with E-state index in [4.69, 9.17) is 4.74 Å². The van der Waals surface area contributed by atoms with E-state index in [9.17, 15) is 0 Å². The minimum Gasteiger partial charge on any atom is -0.383 e. The molecule has 1 heterocycles. The molecule has 3 nitrogen and oxygen atoms in total. The number of methoxy groups -OCH3 is 1. The van der Waals surface area contributed by atoms with Gasteiger partial charge in [-0.25, -0.2) is 4.98 Å². The van der Waals surface area contributed by atoms with Crippen LogP contribution in [0.4, 0.5) is 0 Å². The van der Waals surface area contributed by atoms with Crippen LogP contribution in [-0.2, 0) is 17.0 Å². The van der Waals surface area contributed by atoms with Crippen molar-refractivity contribution in [2.45, 2.75) is 24.2 Å². The number of hydrogen-bond donors (Lipinski definition) is 1. The van der Waals surface area contributed by atoms with Crippen molar-refractivity contribution in [3.05, 3.63) is 59.3 Å². The van der Waals surface area contributed by atoms with Crippen molar-refractivity contribution in [2.24, 2.45) is 0 Å². The lowest BCUT2D eigenvalue weighted by Crippen LogP contribution is -2.18. The minimum atomic E-state index is 0.734. The Kier molecular flexibility index (Phi) is 6.73. The van der Waals surface area contributed by atoms with E-state index >= 15 is 0 Å². The zero-order chi connectivity index (χ0) is 14.9. The first-order valence-corrected chi connectivity index (χ1v) is 8.10. The standard InChI is InChI=1S/C17H22N2OS/c1-14-5-3-4-6-16(14)13-21-17-8-7-15(12-19-17)11-18-9-10-20-2/h3-8,12,18H,9-11,13H2,1-2H3. The highest BCUT2D eigenvalue weighted by atomic mass is 32.2. The summed E-state index contributed by atoms with van der Waals surface area (Å²) < 4.78 is 5.00. The molecule has 21 heavy (non-hydrogen) atoms. The summed E-state index contributed by atoms with van der Waals surface area (Å²) in [5.41, 5.74) is 3.91. The van der Waals surface area contributed by atoms with Gasteiger partial charge in [0.1, 0.15) is 0 Å². The third kappa shape index (κ3) is 5.50. The summed E-state index contributed by atoms with van der Waals surface area (Å²) in [7, 11) is 1.71. The van der Waals surface area contributed by atoms with E-state index in [2.05, 4.69) is 53.6 Å². The number of hydrogen-bond acceptors (Lipinski definition) is 4. The second-order valence-electron chi connectivity index (χ2n) is 4.89. The van der Waals surface area contributed by atoms with Crippen LogP contribution in [0.1, 0.15) is 16.7 Å². The first-order chi connectivity index (χ1) is 10.3. The zero-order valence-corrected chi connectivity index (χ0v) is 13.5. The van der Waals surface area contributed by atoms with Crippen LogP contribution in [0.15, 0.2) is 47.6 Å². The molecular formula is C17H22N2OS. The highest BCUT2D eigenvalue weighted by molar-refractivity contribution is 7.98. The maximum absolute atomic E-state index is 5.00. The molecule has 2 rings (SSSR count). The van der Waals surface area contributed by atoms with Gasteiger partial charge < -0.3 is 10.1 Å². The quantitative estimate of drug-likeness (QED) is 0.598. The minimum absolute atomic E-state index is 0.734. The van der Waals surface area contributed by atoms with Gasteiger partial charge in [0, 0.05) is 32.1 Å². The second kappa shape index (κ2) is 8.82. The zero-order valence-electron chi connectivity index (χ0n) is 12.6. The molecule has 0 bridgehead atoms. The fourth-order valence-electron chi connectivity index (χ4n) is 1.93. The Morgan fingerprint density at radius 2 is 2.05 bits per heavy atom. The van der Waals surface area contributed by atoms with E-state index in [0.29, 0.717) is 0 Å². The highest BCUT2D eigenvalue weighted by Crippen LogP contribution is 2.22. The van der Waals surface area contributed by atoms with Crippen molar-refractivity contribution in [1.82, 2.24) is 10.3 Å². The summed E-state index contributed by atoms with van der Waals surface area (Å²) in [6, 6.07) is 12.7. The Labute approximate surface area is 131 Å². The van der Waals surface area contributed by atoms with Crippen molar-refractivity contribution in [1.29, 1.82) is 0 Å². The van der Waals surface area contributed by atoms with Crippen LogP contribution in [0.3, 0.4) is 0 Å². The molecule has 1 aromatic heterocycles. The monoisotopic (exact) mass is 302 g/mol. The maximum Gasteiger partial charge on any atom is 0.0963 e. The summed E-state index contributed by atoms with van der Waals surface area (Å²) >= 11 is 1.78. The predicted octanol–water partition coefficient (Wildman–Crippen LogP) is 3.42. The molecule has 0 aliphatic heterocycles. The number of rotatable bonds is 8. The van der Waals surface area contributed by atoms with Gasteiger partial charge in [0.25, 0.3) is 0 Å². The smallest absolute Gasteiger partial charge is 0.0963 e. The lowest BCUT2D eigenvalue weighted by atomic mass is 10.1. The van der Waals surface area contributed by atoms with Crippen molar-refractivity contribution < 1.29 is 4.74 Å². The first kappa shape index (κ1) is 16.0. The number of pyridine rings is 1. The van der Waals surface area contributed by atoms with Crippen LogP contribution in [0.2, 0.25) is 0 Å². The molecule has 0 unspecified atom stereocenters. The molecule has 0 aliphatic carbocycles. The van der Waals surface area contributed by atoms with E-state index in [1.54, 1.807) is 18.9 Å². The van der Waals surface area contributed by atoms with Crippen molar-refractivity contribution in [3.63, 3.8) is 0 Å². The molecule has 0 fully saturated rings. The topological polar surface area (TPSA) is 34.1 Å². The molecule has 0 saturated carbocycles. The molecule has 0 spiro atoms. The normalized spacial score (nSPS) is 10.8. The molecule has 0 amide bonds. The average Bonchev–Trinajstić information content (AvgIpc) is 2.52. The average molecular weight is 302 g/mol. The SMILES string of the molecule is COCCNCc1ccc(SCc2ccccc2C)nc1. The third-order valence-corrected chi connectivity index (χ3v) is 4.24. The van der Waals surface area contributed by atoms with Crippen LogP contribution < -0.4 is 5.32 Å². The lowest BCUT2D eigenvalue weighted by Gasteiger charge is -2.06. The van der Waals surface area contributed by atoms with Gasteiger partial charge >= 0.3 is 0 Å². The molecule has 0 aliphatic rings. The second-order valence-corrected chi connectivity index (χ2v) is 5.89. The Hall–Kier alpha value is -1.36. The number of benzene rings is 1. The maximum atomic E-state index is 5.00. The summed E-state index contributed by atoms with van der Waals surface area (Å²) in [6.45, 7) is 4.58. The number of nitrogens with one attached hydrogen (secondary N) is 1. The number of ether oxygens (including phenoxy) is 1. The molecule has 0 atom stereocenters. The van der Waals surface area contributed by atoms with Crippen molar-refractivity contribution in [3.8, 4) is 0 Å². The first-order valence-electron chi connectivity index (χ1n) is 7.11. The molecule has 0 saturated heterocycles. The van der Waals surface area contributed by atoms with Crippen molar-refractivity contribution in [2.75, 3.05) is 20.3 Å². The van der Waals surface area contributed by atoms with Crippen molar-refractivity contribution >= 4 is 11.8 Å². The fraction of sp³-hybridized carbons (Fsp3) is 0.353. The van der Waals surface area contributed by atoms with E-state index < -0.39 is 0 Å². The van der Waals surface area contributed by atoms with Gasteiger partial charge in [0.2, 0.25) is 0 Å². The van der Waals surface area contributed by atoms with Gasteiger partial charge in [-0.2, -0.15) is 0 Å². The molecule has 2 aromatic rings. The van der Waals surface area contributed by atoms with Gasteiger partial charge in [-0.15, -0.1) is 11.8 Å². The Balaban J connectivity index is 1.81. The summed E-state index contributed by atoms with van der Waals surface area (Å²) in [5.74, 6) is 0.963. The molecule has 1 N–H and O–H groups in total. The Morgan fingerprint density at radius 1 is 1.19 bits per heavy atom. The largest absolute Gasteiger partial charge is 0.383 e. The molecule has 112 valence electrons. The van der Waals surface area contributed by atoms with Gasteiger partial charge in [-0.3, -0.25) is 0 Å². The number of aromatic nitrogens is 1. The van der Waals surface area contributed by atoms with E-state index in [1.807, 2.05) is 6.20 Å². The molecule has 1 aromatic carbocycles. The summed E-state index contributed by atoms with van der Waals surface area (Å²) in [6.07, 6.45) is 1.94. The molecule has 0 radical (unpaired) electrons. The van der Waals surface area contributed by atoms with Crippen LogP contribution >= 0.6 is 11.8 Å². The van der Waals surface area contributed by atoms with Gasteiger partial charge in [0.05, 0.1) is 11.6 Å². The lowest BCUT2D eigenvalue weighted by molar-refractivity contribution is 0.199. The van der Waals surface area contributed by atoms with Crippen LogP contribution in [-0.4, -0.2) is 25.2 Å². The van der Waals surface area contributed by atoms with E-state index in [-0.39, 0.29) is 0 Å². The van der Waals surface area contributed by atoms with Crippen LogP contribution in [0.25, 0.3) is 0 Å². The van der Waals surface area contributed by atoms with Crippen LogP contribution in [0.5, 0.6) is 0 Å². The number of nitrogens with zero attached hydrogens (tertiary/aromatic N) is 1. The molecule has 4 heteroatoms. The van der Waals surface area contributed by atoms with Gasteiger partial charge in [-0.1, -0.05) is 30.3 Å². The Bertz CT molecular complexity index is 543. The summed E-state index contributed by atoms with van der Waals surface area (Å²) in [5, 5.41) is 4.38. The fourth-order valence-corrected chi connectivity index (χ4v) is 2.85. The number of thioether (sulfide) groups is 1. The molecular weight excluding hydrogens is 280 g/mol.